The number of hydrogen-bond donors (Lipinski definition) is 0. The SMILES string of the molecule is CC1(C)c2ccccc2-c2cccc(-n3c4ccccc4c4cc(-c5ccccc5N(c5ccccc5)c5ccccc5)ccc43)c21. The van der Waals surface area contributed by atoms with E-state index in [1.807, 2.05) is 0 Å². The molecular weight excluding hydrogens is 569 g/mol. The summed E-state index contributed by atoms with van der Waals surface area (Å²) in [4.78, 5) is 2.36. The van der Waals surface area contributed by atoms with Crippen LogP contribution in [-0.2, 0) is 5.41 Å². The van der Waals surface area contributed by atoms with Gasteiger partial charge in [0.15, 0.2) is 0 Å². The molecule has 0 N–H and O–H groups in total. The molecule has 8 aromatic rings. The van der Waals surface area contributed by atoms with Crippen LogP contribution in [0.4, 0.5) is 17.1 Å². The lowest BCUT2D eigenvalue weighted by Crippen LogP contribution is -2.17. The summed E-state index contributed by atoms with van der Waals surface area (Å²) in [6, 6.07) is 61.6. The summed E-state index contributed by atoms with van der Waals surface area (Å²) < 4.78 is 2.49. The molecular formula is C45H34N2. The van der Waals surface area contributed by atoms with Crippen LogP contribution in [0.5, 0.6) is 0 Å². The highest BCUT2D eigenvalue weighted by Crippen LogP contribution is 2.52. The summed E-state index contributed by atoms with van der Waals surface area (Å²) in [6.45, 7) is 4.74. The van der Waals surface area contributed by atoms with Crippen LogP contribution in [0.3, 0.4) is 0 Å². The molecule has 0 spiro atoms. The lowest BCUT2D eigenvalue weighted by molar-refractivity contribution is 0.656. The average Bonchev–Trinajstić information content (AvgIpc) is 3.58. The summed E-state index contributed by atoms with van der Waals surface area (Å²) in [5.41, 5.74) is 14.8. The van der Waals surface area contributed by atoms with Crippen LogP contribution in [0, 0.1) is 0 Å². The van der Waals surface area contributed by atoms with Gasteiger partial charge in [0.05, 0.1) is 22.4 Å². The Kier molecular flexibility index (Phi) is 6.20. The van der Waals surface area contributed by atoms with Gasteiger partial charge in [-0.25, -0.2) is 0 Å². The highest BCUT2D eigenvalue weighted by Gasteiger charge is 2.38. The molecule has 0 unspecified atom stereocenters. The van der Waals surface area contributed by atoms with E-state index >= 15 is 0 Å². The third-order valence-electron chi connectivity index (χ3n) is 9.96. The fourth-order valence-electron chi connectivity index (χ4n) is 7.90. The number of aromatic nitrogens is 1. The van der Waals surface area contributed by atoms with Crippen LogP contribution in [-0.4, -0.2) is 4.57 Å². The Balaban J connectivity index is 1.27. The van der Waals surface area contributed by atoms with E-state index in [0.29, 0.717) is 0 Å². The maximum atomic E-state index is 2.49. The number of nitrogens with zero attached hydrogens (tertiary/aromatic N) is 2. The van der Waals surface area contributed by atoms with Crippen molar-refractivity contribution >= 4 is 38.9 Å². The monoisotopic (exact) mass is 602 g/mol. The molecule has 0 atom stereocenters. The molecule has 1 aliphatic rings. The molecule has 1 aliphatic carbocycles. The van der Waals surface area contributed by atoms with Crippen LogP contribution in [0.2, 0.25) is 0 Å². The van der Waals surface area contributed by atoms with Crippen molar-refractivity contribution in [2.24, 2.45) is 0 Å². The van der Waals surface area contributed by atoms with Gasteiger partial charge in [0.1, 0.15) is 0 Å². The second-order valence-corrected chi connectivity index (χ2v) is 13.0. The minimum atomic E-state index is -0.114. The van der Waals surface area contributed by atoms with Crippen molar-refractivity contribution in [1.82, 2.24) is 4.57 Å². The van der Waals surface area contributed by atoms with Crippen molar-refractivity contribution in [3.8, 4) is 27.9 Å². The van der Waals surface area contributed by atoms with Crippen LogP contribution < -0.4 is 4.90 Å². The molecule has 7 aromatic carbocycles. The topological polar surface area (TPSA) is 8.17 Å². The Hall–Kier alpha value is -5.86. The van der Waals surface area contributed by atoms with E-state index in [9.17, 15) is 0 Å². The third kappa shape index (κ3) is 4.18. The standard InChI is InChI=1S/C45H34N2/c1-45(2)39-24-12-9-21-35(39)37-23-15-27-43(44(37)45)47-41-26-14-11-22-36(41)38-30-31(28-29-42(38)47)34-20-10-13-25-40(34)46(32-16-5-3-6-17-32)33-18-7-4-8-19-33/h3-30H,1-2H3. The van der Waals surface area contributed by atoms with Gasteiger partial charge in [-0.2, -0.15) is 0 Å². The zero-order chi connectivity index (χ0) is 31.5. The first kappa shape index (κ1) is 27.5. The van der Waals surface area contributed by atoms with Crippen LogP contribution in [0.25, 0.3) is 49.7 Å². The number of para-hydroxylation sites is 4. The van der Waals surface area contributed by atoms with Crippen molar-refractivity contribution in [3.63, 3.8) is 0 Å². The van der Waals surface area contributed by atoms with Crippen LogP contribution in [0.1, 0.15) is 25.0 Å². The van der Waals surface area contributed by atoms with Crippen molar-refractivity contribution in [3.05, 3.63) is 181 Å². The Morgan fingerprint density at radius 3 is 1.83 bits per heavy atom. The van der Waals surface area contributed by atoms with Crippen molar-refractivity contribution < 1.29 is 0 Å². The first-order valence-corrected chi connectivity index (χ1v) is 16.4. The zero-order valence-corrected chi connectivity index (χ0v) is 26.6. The number of anilines is 3. The van der Waals surface area contributed by atoms with Crippen molar-refractivity contribution in [1.29, 1.82) is 0 Å². The van der Waals surface area contributed by atoms with E-state index in [2.05, 4.69) is 193 Å². The molecule has 224 valence electrons. The summed E-state index contributed by atoms with van der Waals surface area (Å²) in [7, 11) is 0. The Morgan fingerprint density at radius 1 is 0.468 bits per heavy atom. The molecule has 0 fully saturated rings. The summed E-state index contributed by atoms with van der Waals surface area (Å²) in [5, 5.41) is 2.51. The van der Waals surface area contributed by atoms with Gasteiger partial charge in [0, 0.05) is 33.1 Å². The van der Waals surface area contributed by atoms with E-state index in [-0.39, 0.29) is 5.41 Å². The molecule has 2 nitrogen and oxygen atoms in total. The minimum Gasteiger partial charge on any atom is -0.310 e. The summed E-state index contributed by atoms with van der Waals surface area (Å²) in [5.74, 6) is 0. The molecule has 47 heavy (non-hydrogen) atoms. The quantitative estimate of drug-likeness (QED) is 0.190. The summed E-state index contributed by atoms with van der Waals surface area (Å²) >= 11 is 0. The summed E-state index contributed by atoms with van der Waals surface area (Å²) in [6.07, 6.45) is 0. The first-order chi connectivity index (χ1) is 23.1. The average molecular weight is 603 g/mol. The van der Waals surface area contributed by atoms with Gasteiger partial charge in [-0.1, -0.05) is 129 Å². The Bertz CT molecular complexity index is 2390. The second kappa shape index (κ2) is 10.6. The molecule has 9 rings (SSSR count). The van der Waals surface area contributed by atoms with E-state index in [1.165, 1.54) is 60.9 Å². The van der Waals surface area contributed by atoms with Gasteiger partial charge in [-0.15, -0.1) is 0 Å². The zero-order valence-electron chi connectivity index (χ0n) is 26.6. The number of hydrogen-bond acceptors (Lipinski definition) is 1. The predicted octanol–water partition coefficient (Wildman–Crippen LogP) is 12.2. The van der Waals surface area contributed by atoms with Crippen LogP contribution >= 0.6 is 0 Å². The van der Waals surface area contributed by atoms with Gasteiger partial charge in [0.25, 0.3) is 0 Å². The Morgan fingerprint density at radius 2 is 1.06 bits per heavy atom. The number of benzene rings is 7. The van der Waals surface area contributed by atoms with Crippen LogP contribution in [0.15, 0.2) is 170 Å². The molecule has 0 saturated carbocycles. The number of fused-ring (bicyclic) bond motifs is 6. The lowest BCUT2D eigenvalue weighted by atomic mass is 9.81. The highest BCUT2D eigenvalue weighted by molar-refractivity contribution is 6.11. The largest absolute Gasteiger partial charge is 0.310 e. The molecule has 1 aromatic heterocycles. The first-order valence-electron chi connectivity index (χ1n) is 16.4. The molecule has 2 heteroatoms. The maximum Gasteiger partial charge on any atom is 0.0541 e. The van der Waals surface area contributed by atoms with Gasteiger partial charge in [-0.05, 0) is 82.4 Å². The van der Waals surface area contributed by atoms with Crippen molar-refractivity contribution in [2.75, 3.05) is 4.90 Å². The molecule has 1 heterocycles. The fourth-order valence-corrected chi connectivity index (χ4v) is 7.90. The smallest absolute Gasteiger partial charge is 0.0541 e. The van der Waals surface area contributed by atoms with Gasteiger partial charge >= 0.3 is 0 Å². The Labute approximate surface area is 275 Å². The minimum absolute atomic E-state index is 0.114. The molecule has 0 saturated heterocycles. The van der Waals surface area contributed by atoms with E-state index in [4.69, 9.17) is 0 Å². The predicted molar refractivity (Wildman–Crippen MR) is 198 cm³/mol. The second-order valence-electron chi connectivity index (χ2n) is 13.0. The van der Waals surface area contributed by atoms with Gasteiger partial charge < -0.3 is 9.47 Å². The van der Waals surface area contributed by atoms with Gasteiger partial charge in [-0.3, -0.25) is 0 Å². The number of rotatable bonds is 5. The molecule has 0 radical (unpaired) electrons. The van der Waals surface area contributed by atoms with Gasteiger partial charge in [0.2, 0.25) is 0 Å². The normalized spacial score (nSPS) is 13.1. The third-order valence-corrected chi connectivity index (χ3v) is 9.96. The highest BCUT2D eigenvalue weighted by atomic mass is 15.1. The van der Waals surface area contributed by atoms with E-state index in [0.717, 1.165) is 17.1 Å². The van der Waals surface area contributed by atoms with E-state index in [1.54, 1.807) is 0 Å². The maximum absolute atomic E-state index is 2.49. The lowest BCUT2D eigenvalue weighted by Gasteiger charge is -2.27. The molecule has 0 aliphatic heterocycles. The van der Waals surface area contributed by atoms with E-state index < -0.39 is 0 Å². The fraction of sp³-hybridized carbons (Fsp3) is 0.0667. The molecule has 0 amide bonds. The molecule has 0 bridgehead atoms. The van der Waals surface area contributed by atoms with Crippen molar-refractivity contribution in [2.45, 2.75) is 19.3 Å².